The van der Waals surface area contributed by atoms with Crippen molar-refractivity contribution in [3.63, 3.8) is 0 Å². The molecule has 0 radical (unpaired) electrons. The number of aromatic nitrogens is 2. The lowest BCUT2D eigenvalue weighted by Gasteiger charge is -2.25. The molecule has 0 fully saturated rings. The summed E-state index contributed by atoms with van der Waals surface area (Å²) in [4.78, 5) is 13.9. The average Bonchev–Trinajstić information content (AvgIpc) is 4.06. The lowest BCUT2D eigenvalue weighted by atomic mass is 9.98. The van der Waals surface area contributed by atoms with Gasteiger partial charge in [-0.25, -0.2) is 9.97 Å². The van der Waals surface area contributed by atoms with E-state index in [4.69, 9.17) is 18.8 Å². The van der Waals surface area contributed by atoms with Crippen LogP contribution in [0.1, 0.15) is 0 Å². The summed E-state index contributed by atoms with van der Waals surface area (Å²) in [5, 5.41) is 0. The Balaban J connectivity index is 0.745. The van der Waals surface area contributed by atoms with Crippen LogP contribution >= 0.6 is 0 Å². The highest BCUT2D eigenvalue weighted by Gasteiger charge is 2.17. The summed E-state index contributed by atoms with van der Waals surface area (Å²) in [6, 6.07) is 88.6. The second-order valence-electron chi connectivity index (χ2n) is 16.7. The molecular formula is C62H42N4O2. The molecule has 12 aromatic rings. The third-order valence-electron chi connectivity index (χ3n) is 12.4. The Hall–Kier alpha value is -9.26. The minimum atomic E-state index is 0.614. The van der Waals surface area contributed by atoms with Gasteiger partial charge in [-0.15, -0.1) is 0 Å². The second kappa shape index (κ2) is 17.6. The molecule has 0 unspecified atom stereocenters. The van der Waals surface area contributed by atoms with Gasteiger partial charge in [0, 0.05) is 45.3 Å². The minimum Gasteiger partial charge on any atom is -0.436 e. The molecule has 0 saturated heterocycles. The Labute approximate surface area is 394 Å². The predicted molar refractivity (Wildman–Crippen MR) is 278 cm³/mol. The molecule has 68 heavy (non-hydrogen) atoms. The van der Waals surface area contributed by atoms with Crippen molar-refractivity contribution in [2.75, 3.05) is 9.80 Å². The minimum absolute atomic E-state index is 0.614. The highest BCUT2D eigenvalue weighted by molar-refractivity contribution is 5.83. The first-order valence-electron chi connectivity index (χ1n) is 22.7. The molecule has 0 atom stereocenters. The summed E-state index contributed by atoms with van der Waals surface area (Å²) in [7, 11) is 0. The van der Waals surface area contributed by atoms with E-state index in [0.717, 1.165) is 89.7 Å². The number of oxazole rings is 2. The molecule has 0 amide bonds. The molecule has 0 aliphatic heterocycles. The van der Waals surface area contributed by atoms with Crippen LogP contribution in [-0.2, 0) is 0 Å². The van der Waals surface area contributed by atoms with Gasteiger partial charge in [-0.1, -0.05) is 133 Å². The number of benzene rings is 10. The molecule has 2 heterocycles. The molecule has 0 bridgehead atoms. The van der Waals surface area contributed by atoms with E-state index in [9.17, 15) is 0 Å². The van der Waals surface area contributed by atoms with Gasteiger partial charge in [0.15, 0.2) is 11.2 Å². The van der Waals surface area contributed by atoms with E-state index in [1.54, 1.807) is 0 Å². The maximum atomic E-state index is 6.05. The first-order valence-corrected chi connectivity index (χ1v) is 22.7. The van der Waals surface area contributed by atoms with Gasteiger partial charge in [0.05, 0.1) is 0 Å². The Bertz CT molecular complexity index is 3310. The molecule has 0 saturated carbocycles. The Morgan fingerprint density at radius 2 is 0.456 bits per heavy atom. The first-order chi connectivity index (χ1) is 33.7. The molecule has 12 rings (SSSR count). The van der Waals surface area contributed by atoms with Crippen LogP contribution in [0.4, 0.5) is 34.1 Å². The van der Waals surface area contributed by atoms with Crippen LogP contribution in [0.15, 0.2) is 264 Å². The van der Waals surface area contributed by atoms with Crippen LogP contribution in [0.25, 0.3) is 78.5 Å². The van der Waals surface area contributed by atoms with Crippen LogP contribution in [0.3, 0.4) is 0 Å². The Morgan fingerprint density at radius 1 is 0.221 bits per heavy atom. The van der Waals surface area contributed by atoms with Gasteiger partial charge in [-0.3, -0.25) is 0 Å². The summed E-state index contributed by atoms with van der Waals surface area (Å²) in [6.07, 6.45) is 0. The number of hydrogen-bond donors (Lipinski definition) is 0. The SMILES string of the molecule is c1ccc(N(c2ccc(-c3ccc(-c4ccc(-c5ccc(N(c6ccccc6)c6ccc(-c7nc8ccccc8o7)cc6)cc5)cc4)cc3)cc2)c2ccc(-c3nc4ccccc4o3)cc2)cc1. The number of fused-ring (bicyclic) bond motifs is 2. The van der Waals surface area contributed by atoms with Gasteiger partial charge < -0.3 is 18.6 Å². The summed E-state index contributed by atoms with van der Waals surface area (Å²) < 4.78 is 12.1. The largest absolute Gasteiger partial charge is 0.436 e. The maximum absolute atomic E-state index is 6.05. The molecule has 0 aliphatic carbocycles. The molecule has 0 spiro atoms. The van der Waals surface area contributed by atoms with Gasteiger partial charge in [0.1, 0.15) is 11.0 Å². The monoisotopic (exact) mass is 874 g/mol. The maximum Gasteiger partial charge on any atom is 0.227 e. The summed E-state index contributed by atoms with van der Waals surface area (Å²) in [5.41, 5.74) is 18.5. The van der Waals surface area contributed by atoms with E-state index >= 15 is 0 Å². The number of nitrogens with zero attached hydrogens (tertiary/aromatic N) is 4. The van der Waals surface area contributed by atoms with Crippen molar-refractivity contribution in [2.45, 2.75) is 0 Å². The quantitative estimate of drug-likeness (QED) is 0.129. The zero-order valence-electron chi connectivity index (χ0n) is 36.9. The lowest BCUT2D eigenvalue weighted by Crippen LogP contribution is -2.09. The first kappa shape index (κ1) is 40.3. The number of para-hydroxylation sites is 6. The van der Waals surface area contributed by atoms with Gasteiger partial charge in [0.25, 0.3) is 0 Å². The molecule has 0 aliphatic rings. The van der Waals surface area contributed by atoms with Crippen molar-refractivity contribution in [1.29, 1.82) is 0 Å². The molecule has 10 aromatic carbocycles. The van der Waals surface area contributed by atoms with Gasteiger partial charge in [-0.05, 0) is 155 Å². The van der Waals surface area contributed by atoms with E-state index in [1.807, 2.05) is 60.7 Å². The normalized spacial score (nSPS) is 11.2. The molecule has 6 nitrogen and oxygen atoms in total. The smallest absolute Gasteiger partial charge is 0.227 e. The fraction of sp³-hybridized carbons (Fsp3) is 0. The van der Waals surface area contributed by atoms with E-state index < -0.39 is 0 Å². The van der Waals surface area contributed by atoms with Gasteiger partial charge >= 0.3 is 0 Å². The molecule has 6 heteroatoms. The zero-order valence-corrected chi connectivity index (χ0v) is 36.9. The van der Waals surface area contributed by atoms with Crippen molar-refractivity contribution in [3.05, 3.63) is 255 Å². The highest BCUT2D eigenvalue weighted by Crippen LogP contribution is 2.39. The summed E-state index contributed by atoms with van der Waals surface area (Å²) in [5.74, 6) is 1.23. The number of rotatable bonds is 11. The second-order valence-corrected chi connectivity index (χ2v) is 16.7. The van der Waals surface area contributed by atoms with Gasteiger partial charge in [-0.2, -0.15) is 0 Å². The van der Waals surface area contributed by atoms with E-state index in [-0.39, 0.29) is 0 Å². The van der Waals surface area contributed by atoms with Crippen molar-refractivity contribution in [1.82, 2.24) is 9.97 Å². The Morgan fingerprint density at radius 3 is 0.750 bits per heavy atom. The summed E-state index contributed by atoms with van der Waals surface area (Å²) in [6.45, 7) is 0. The van der Waals surface area contributed by atoms with E-state index in [0.29, 0.717) is 11.8 Å². The van der Waals surface area contributed by atoms with Crippen molar-refractivity contribution in [2.24, 2.45) is 0 Å². The van der Waals surface area contributed by atoms with Gasteiger partial charge in [0.2, 0.25) is 11.8 Å². The Kier molecular flexibility index (Phi) is 10.4. The van der Waals surface area contributed by atoms with Crippen LogP contribution in [0.5, 0.6) is 0 Å². The van der Waals surface area contributed by atoms with Crippen molar-refractivity contribution in [3.8, 4) is 56.3 Å². The van der Waals surface area contributed by atoms with Crippen molar-refractivity contribution < 1.29 is 8.83 Å². The fourth-order valence-corrected chi connectivity index (χ4v) is 8.86. The van der Waals surface area contributed by atoms with Crippen LogP contribution in [0, 0.1) is 0 Å². The van der Waals surface area contributed by atoms with Crippen LogP contribution in [0.2, 0.25) is 0 Å². The predicted octanol–water partition coefficient (Wildman–Crippen LogP) is 17.2. The van der Waals surface area contributed by atoms with Crippen LogP contribution in [-0.4, -0.2) is 9.97 Å². The van der Waals surface area contributed by atoms with E-state index in [2.05, 4.69) is 204 Å². The average molecular weight is 875 g/mol. The summed E-state index contributed by atoms with van der Waals surface area (Å²) >= 11 is 0. The molecule has 322 valence electrons. The number of anilines is 6. The fourth-order valence-electron chi connectivity index (χ4n) is 8.86. The topological polar surface area (TPSA) is 58.5 Å². The zero-order chi connectivity index (χ0) is 45.2. The number of hydrogen-bond acceptors (Lipinski definition) is 6. The lowest BCUT2D eigenvalue weighted by molar-refractivity contribution is 0.619. The van der Waals surface area contributed by atoms with E-state index in [1.165, 1.54) is 11.1 Å². The third kappa shape index (κ3) is 7.97. The third-order valence-corrected chi connectivity index (χ3v) is 12.4. The standard InChI is InChI=1S/C62H42N4O2/c1-3-11-51(12-4-1)65(55-39-31-49(32-40-55)61-63-57-15-7-9-17-59(57)67-61)53-35-27-47(28-36-53)45-23-19-43(20-24-45)44-21-25-46(26-22-44)48-29-37-54(38-30-48)66(52-13-5-2-6-14-52)56-41-33-50(34-42-56)62-64-58-16-8-10-18-60(58)68-62/h1-42H. The molecular weight excluding hydrogens is 833 g/mol. The van der Waals surface area contributed by atoms with Crippen molar-refractivity contribution >= 4 is 56.3 Å². The molecule has 0 N–H and O–H groups in total. The molecule has 2 aromatic heterocycles. The highest BCUT2D eigenvalue weighted by atomic mass is 16.4. The van der Waals surface area contributed by atoms with Crippen LogP contribution < -0.4 is 9.80 Å².